The van der Waals surface area contributed by atoms with Crippen LogP contribution >= 0.6 is 0 Å². The fourth-order valence-corrected chi connectivity index (χ4v) is 2.11. The molecule has 20 heavy (non-hydrogen) atoms. The molecule has 2 heterocycles. The van der Waals surface area contributed by atoms with E-state index in [0.29, 0.717) is 5.56 Å². The van der Waals surface area contributed by atoms with Crippen molar-refractivity contribution >= 4 is 22.5 Å². The van der Waals surface area contributed by atoms with E-state index in [-0.39, 0.29) is 11.9 Å². The number of amides is 1. The van der Waals surface area contributed by atoms with Gasteiger partial charge in [-0.3, -0.25) is 9.48 Å². The van der Waals surface area contributed by atoms with Gasteiger partial charge in [-0.05, 0) is 19.9 Å². The predicted octanol–water partition coefficient (Wildman–Crippen LogP) is 3.20. The third-order valence-corrected chi connectivity index (χ3v) is 3.23. The Morgan fingerprint density at radius 2 is 2.15 bits per heavy atom. The van der Waals surface area contributed by atoms with E-state index in [9.17, 15) is 4.79 Å². The number of aromatic amines is 1. The number of carbonyl (C=O) groups is 1. The van der Waals surface area contributed by atoms with E-state index in [4.69, 9.17) is 0 Å². The quantitative estimate of drug-likeness (QED) is 0.766. The monoisotopic (exact) mass is 268 g/mol. The van der Waals surface area contributed by atoms with Crippen LogP contribution in [0.4, 0.5) is 5.69 Å². The maximum Gasteiger partial charge on any atom is 0.258 e. The van der Waals surface area contributed by atoms with Gasteiger partial charge in [-0.25, -0.2) is 0 Å². The van der Waals surface area contributed by atoms with Crippen molar-refractivity contribution in [1.29, 1.82) is 0 Å². The molecule has 0 radical (unpaired) electrons. The van der Waals surface area contributed by atoms with E-state index in [1.54, 1.807) is 23.3 Å². The van der Waals surface area contributed by atoms with E-state index in [1.807, 2.05) is 38.1 Å². The maximum atomic E-state index is 12.2. The minimum absolute atomic E-state index is 0.151. The van der Waals surface area contributed by atoms with Crippen molar-refractivity contribution in [3.05, 3.63) is 48.4 Å². The van der Waals surface area contributed by atoms with Gasteiger partial charge in [0.1, 0.15) is 0 Å². The molecule has 2 N–H and O–H groups in total. The van der Waals surface area contributed by atoms with Gasteiger partial charge < -0.3 is 10.3 Å². The molecule has 0 saturated heterocycles. The summed E-state index contributed by atoms with van der Waals surface area (Å²) >= 11 is 0. The van der Waals surface area contributed by atoms with Gasteiger partial charge in [0, 0.05) is 29.3 Å². The molecule has 0 aliphatic rings. The van der Waals surface area contributed by atoms with E-state index in [0.717, 1.165) is 16.6 Å². The van der Waals surface area contributed by atoms with Crippen LogP contribution in [0.15, 0.2) is 42.9 Å². The van der Waals surface area contributed by atoms with Crippen LogP contribution in [0.3, 0.4) is 0 Å². The molecule has 3 rings (SSSR count). The molecule has 1 aromatic carbocycles. The average molecular weight is 268 g/mol. The molecule has 0 fully saturated rings. The molecular weight excluding hydrogens is 252 g/mol. The van der Waals surface area contributed by atoms with Gasteiger partial charge in [-0.2, -0.15) is 5.10 Å². The number of anilines is 1. The molecule has 3 aromatic rings. The highest BCUT2D eigenvalue weighted by atomic mass is 16.1. The van der Waals surface area contributed by atoms with Crippen molar-refractivity contribution in [2.24, 2.45) is 0 Å². The van der Waals surface area contributed by atoms with Crippen LogP contribution in [0.1, 0.15) is 30.2 Å². The van der Waals surface area contributed by atoms with Gasteiger partial charge in [0.25, 0.3) is 5.91 Å². The molecule has 102 valence electrons. The molecule has 0 bridgehead atoms. The highest BCUT2D eigenvalue weighted by Gasteiger charge is 2.12. The van der Waals surface area contributed by atoms with Crippen molar-refractivity contribution in [2.45, 2.75) is 19.9 Å². The van der Waals surface area contributed by atoms with Crippen molar-refractivity contribution in [3.8, 4) is 0 Å². The molecule has 0 atom stereocenters. The second kappa shape index (κ2) is 4.85. The number of hydrogen-bond acceptors (Lipinski definition) is 2. The number of rotatable bonds is 3. The Balaban J connectivity index is 1.85. The Kier molecular flexibility index (Phi) is 3.02. The number of fused-ring (bicyclic) bond motifs is 1. The Labute approximate surface area is 116 Å². The molecule has 2 aromatic heterocycles. The first kappa shape index (κ1) is 12.5. The molecular formula is C15H16N4O. The lowest BCUT2D eigenvalue weighted by atomic mass is 10.2. The minimum atomic E-state index is -0.151. The van der Waals surface area contributed by atoms with Crippen LogP contribution in [-0.4, -0.2) is 20.7 Å². The Morgan fingerprint density at radius 1 is 1.35 bits per heavy atom. The zero-order chi connectivity index (χ0) is 14.1. The summed E-state index contributed by atoms with van der Waals surface area (Å²) in [5.41, 5.74) is 2.34. The number of hydrogen-bond donors (Lipinski definition) is 2. The van der Waals surface area contributed by atoms with Crippen LogP contribution < -0.4 is 5.32 Å². The molecule has 1 amide bonds. The highest BCUT2D eigenvalue weighted by molar-refractivity contribution is 6.08. The minimum Gasteiger partial charge on any atom is -0.359 e. The van der Waals surface area contributed by atoms with Gasteiger partial charge in [0.15, 0.2) is 0 Å². The zero-order valence-electron chi connectivity index (χ0n) is 11.4. The summed E-state index contributed by atoms with van der Waals surface area (Å²) in [6, 6.07) is 8.09. The molecule has 0 aliphatic carbocycles. The van der Waals surface area contributed by atoms with E-state index in [2.05, 4.69) is 15.4 Å². The van der Waals surface area contributed by atoms with Crippen molar-refractivity contribution in [3.63, 3.8) is 0 Å². The third kappa shape index (κ3) is 2.18. The van der Waals surface area contributed by atoms with Gasteiger partial charge in [0.05, 0.1) is 17.4 Å². The first-order valence-corrected chi connectivity index (χ1v) is 6.57. The largest absolute Gasteiger partial charge is 0.359 e. The Bertz CT molecular complexity index is 754. The summed E-state index contributed by atoms with van der Waals surface area (Å²) in [5, 5.41) is 8.08. The highest BCUT2D eigenvalue weighted by Crippen LogP contribution is 2.23. The Hall–Kier alpha value is -2.56. The number of nitrogens with one attached hydrogen (secondary N) is 2. The van der Waals surface area contributed by atoms with E-state index in [1.165, 1.54) is 0 Å². The molecule has 0 aliphatic heterocycles. The average Bonchev–Trinajstić information content (AvgIpc) is 3.06. The second-order valence-corrected chi connectivity index (χ2v) is 5.00. The summed E-state index contributed by atoms with van der Waals surface area (Å²) in [4.78, 5) is 15.3. The summed E-state index contributed by atoms with van der Waals surface area (Å²) < 4.78 is 1.77. The normalized spacial score (nSPS) is 11.2. The zero-order valence-corrected chi connectivity index (χ0v) is 11.4. The van der Waals surface area contributed by atoms with E-state index < -0.39 is 0 Å². The van der Waals surface area contributed by atoms with Gasteiger partial charge in [-0.1, -0.05) is 18.2 Å². The predicted molar refractivity (Wildman–Crippen MR) is 78.9 cm³/mol. The van der Waals surface area contributed by atoms with Crippen LogP contribution in [-0.2, 0) is 0 Å². The fourth-order valence-electron chi connectivity index (χ4n) is 2.11. The van der Waals surface area contributed by atoms with Crippen LogP contribution in [0.2, 0.25) is 0 Å². The SMILES string of the molecule is CC(C)n1cc(C(=O)Nc2c[nH]c3ccccc23)cn1. The number of nitrogens with zero attached hydrogens (tertiary/aromatic N) is 2. The van der Waals surface area contributed by atoms with Crippen molar-refractivity contribution in [2.75, 3.05) is 5.32 Å². The molecule has 0 unspecified atom stereocenters. The summed E-state index contributed by atoms with van der Waals surface area (Å²) in [5.74, 6) is -0.151. The van der Waals surface area contributed by atoms with Crippen molar-refractivity contribution < 1.29 is 4.79 Å². The maximum absolute atomic E-state index is 12.2. The summed E-state index contributed by atoms with van der Waals surface area (Å²) in [6.07, 6.45) is 5.15. The first-order chi connectivity index (χ1) is 9.65. The summed E-state index contributed by atoms with van der Waals surface area (Å²) in [6.45, 7) is 4.04. The Morgan fingerprint density at radius 3 is 2.90 bits per heavy atom. The molecule has 5 heteroatoms. The topological polar surface area (TPSA) is 62.7 Å². The van der Waals surface area contributed by atoms with Crippen LogP contribution in [0, 0.1) is 0 Å². The lowest BCUT2D eigenvalue weighted by Crippen LogP contribution is -2.10. The standard InChI is InChI=1S/C15H16N4O/c1-10(2)19-9-11(7-17-19)15(20)18-14-8-16-13-6-4-3-5-12(13)14/h3-10,16H,1-2H3,(H,18,20). The number of H-pyrrole nitrogens is 1. The number of benzene rings is 1. The number of carbonyl (C=O) groups excluding carboxylic acids is 1. The lowest BCUT2D eigenvalue weighted by Gasteiger charge is -2.03. The van der Waals surface area contributed by atoms with Crippen LogP contribution in [0.25, 0.3) is 10.9 Å². The number of para-hydroxylation sites is 1. The van der Waals surface area contributed by atoms with Crippen molar-refractivity contribution in [1.82, 2.24) is 14.8 Å². The van der Waals surface area contributed by atoms with Gasteiger partial charge in [0.2, 0.25) is 0 Å². The molecule has 5 nitrogen and oxygen atoms in total. The molecule has 0 spiro atoms. The molecule has 0 saturated carbocycles. The third-order valence-electron chi connectivity index (χ3n) is 3.23. The second-order valence-electron chi connectivity index (χ2n) is 5.00. The first-order valence-electron chi connectivity index (χ1n) is 6.57. The lowest BCUT2D eigenvalue weighted by molar-refractivity contribution is 0.102. The van der Waals surface area contributed by atoms with E-state index >= 15 is 0 Å². The van der Waals surface area contributed by atoms with Crippen LogP contribution in [0.5, 0.6) is 0 Å². The fraction of sp³-hybridized carbons (Fsp3) is 0.200. The summed E-state index contributed by atoms with van der Waals surface area (Å²) in [7, 11) is 0. The smallest absolute Gasteiger partial charge is 0.258 e. The van der Waals surface area contributed by atoms with Gasteiger partial charge >= 0.3 is 0 Å². The van der Waals surface area contributed by atoms with Gasteiger partial charge in [-0.15, -0.1) is 0 Å². The number of aromatic nitrogens is 3.